The highest BCUT2D eigenvalue weighted by Crippen LogP contribution is 2.15. The van der Waals surface area contributed by atoms with Crippen LogP contribution in [0.3, 0.4) is 0 Å². The fourth-order valence-electron chi connectivity index (χ4n) is 3.16. The third kappa shape index (κ3) is 8.31. The van der Waals surface area contributed by atoms with Crippen LogP contribution in [0.2, 0.25) is 0 Å². The second-order valence-corrected chi connectivity index (χ2v) is 7.15. The molecule has 0 aliphatic carbocycles. The maximum atomic E-state index is 12.3. The summed E-state index contributed by atoms with van der Waals surface area (Å²) in [5.74, 6) is 1.17. The van der Waals surface area contributed by atoms with E-state index in [1.165, 1.54) is 6.42 Å². The summed E-state index contributed by atoms with van der Waals surface area (Å²) in [6.45, 7) is 6.86. The van der Waals surface area contributed by atoms with Gasteiger partial charge in [-0.15, -0.1) is 12.4 Å². The van der Waals surface area contributed by atoms with Gasteiger partial charge in [0.05, 0.1) is 6.61 Å². The highest BCUT2D eigenvalue weighted by Gasteiger charge is 2.22. The van der Waals surface area contributed by atoms with Gasteiger partial charge >= 0.3 is 0 Å². The quantitative estimate of drug-likeness (QED) is 0.466. The van der Waals surface area contributed by atoms with Gasteiger partial charge in [0, 0.05) is 24.4 Å². The molecule has 0 radical (unpaired) electrons. The molecule has 27 heavy (non-hydrogen) atoms. The van der Waals surface area contributed by atoms with Crippen molar-refractivity contribution in [2.24, 2.45) is 5.92 Å². The molecule has 0 aromatic heterocycles. The second-order valence-electron chi connectivity index (χ2n) is 7.15. The van der Waals surface area contributed by atoms with Crippen LogP contribution >= 0.6 is 12.4 Å². The fraction of sp³-hybridized carbons (Fsp3) is 0.619. The van der Waals surface area contributed by atoms with E-state index in [1.807, 2.05) is 12.1 Å². The van der Waals surface area contributed by atoms with Gasteiger partial charge in [-0.1, -0.05) is 26.7 Å². The lowest BCUT2D eigenvalue weighted by Crippen LogP contribution is -2.48. The molecule has 5 nitrogen and oxygen atoms in total. The standard InChI is InChI=1S/C21H32N2O3.ClH/c1-3-4-5-14-26-18-8-6-17(7-9-18)20(24)10-11-21(25)23-19-12-13-22-15-16(19)2;/h6-9,16,19,22H,3-5,10-15H2,1-2H3,(H,23,25);1H. The molecule has 1 aromatic rings. The Balaban J connectivity index is 0.00000364. The molecule has 2 rings (SSSR count). The average Bonchev–Trinajstić information content (AvgIpc) is 2.66. The Kier molecular flexibility index (Phi) is 11.1. The minimum atomic E-state index is -0.0343. The topological polar surface area (TPSA) is 67.4 Å². The van der Waals surface area contributed by atoms with E-state index < -0.39 is 0 Å². The van der Waals surface area contributed by atoms with Crippen molar-refractivity contribution in [3.8, 4) is 5.75 Å². The van der Waals surface area contributed by atoms with Crippen molar-refractivity contribution in [3.63, 3.8) is 0 Å². The molecule has 1 aliphatic rings. The third-order valence-electron chi connectivity index (χ3n) is 4.90. The van der Waals surface area contributed by atoms with Gasteiger partial charge in [-0.05, 0) is 56.1 Å². The first-order valence-electron chi connectivity index (χ1n) is 9.86. The second kappa shape index (κ2) is 12.7. The van der Waals surface area contributed by atoms with E-state index >= 15 is 0 Å². The number of carbonyl (C=O) groups is 2. The fourth-order valence-corrected chi connectivity index (χ4v) is 3.16. The molecule has 0 bridgehead atoms. The largest absolute Gasteiger partial charge is 0.494 e. The molecule has 2 N–H and O–H groups in total. The Morgan fingerprint density at radius 1 is 1.19 bits per heavy atom. The lowest BCUT2D eigenvalue weighted by Gasteiger charge is -2.30. The van der Waals surface area contributed by atoms with E-state index in [-0.39, 0.29) is 43.0 Å². The Hall–Kier alpha value is -1.59. The van der Waals surface area contributed by atoms with Crippen molar-refractivity contribution >= 4 is 24.1 Å². The molecule has 2 atom stereocenters. The van der Waals surface area contributed by atoms with Gasteiger partial charge in [-0.2, -0.15) is 0 Å². The van der Waals surface area contributed by atoms with E-state index in [1.54, 1.807) is 12.1 Å². The van der Waals surface area contributed by atoms with Crippen molar-refractivity contribution in [2.45, 2.75) is 58.4 Å². The van der Waals surface area contributed by atoms with Gasteiger partial charge in [0.25, 0.3) is 0 Å². The zero-order valence-corrected chi connectivity index (χ0v) is 17.3. The summed E-state index contributed by atoms with van der Waals surface area (Å²) in [7, 11) is 0. The Bertz CT molecular complexity index is 577. The zero-order chi connectivity index (χ0) is 18.8. The van der Waals surface area contributed by atoms with Gasteiger partial charge < -0.3 is 15.4 Å². The molecule has 152 valence electrons. The molecule has 1 amide bonds. The first-order chi connectivity index (χ1) is 12.6. The number of unbranched alkanes of at least 4 members (excludes halogenated alkanes) is 2. The summed E-state index contributed by atoms with van der Waals surface area (Å²) in [5.41, 5.74) is 0.633. The molecular weight excluding hydrogens is 364 g/mol. The SMILES string of the molecule is CCCCCOc1ccc(C(=O)CCC(=O)NC2CCNCC2C)cc1.Cl. The van der Waals surface area contributed by atoms with Crippen molar-refractivity contribution < 1.29 is 14.3 Å². The molecule has 1 fully saturated rings. The predicted molar refractivity (Wildman–Crippen MR) is 111 cm³/mol. The summed E-state index contributed by atoms with van der Waals surface area (Å²) in [6.07, 6.45) is 4.80. The van der Waals surface area contributed by atoms with Gasteiger partial charge in [0.15, 0.2) is 5.78 Å². The zero-order valence-electron chi connectivity index (χ0n) is 16.5. The lowest BCUT2D eigenvalue weighted by molar-refractivity contribution is -0.122. The van der Waals surface area contributed by atoms with E-state index in [9.17, 15) is 9.59 Å². The van der Waals surface area contributed by atoms with Gasteiger partial charge in [0.2, 0.25) is 5.91 Å². The molecule has 1 aromatic carbocycles. The Morgan fingerprint density at radius 3 is 2.59 bits per heavy atom. The Morgan fingerprint density at radius 2 is 1.93 bits per heavy atom. The first-order valence-corrected chi connectivity index (χ1v) is 9.86. The minimum absolute atomic E-state index is 0. The summed E-state index contributed by atoms with van der Waals surface area (Å²) >= 11 is 0. The van der Waals surface area contributed by atoms with Crippen LogP contribution in [0.15, 0.2) is 24.3 Å². The van der Waals surface area contributed by atoms with Crippen molar-refractivity contribution in [3.05, 3.63) is 29.8 Å². The monoisotopic (exact) mass is 396 g/mol. The third-order valence-corrected chi connectivity index (χ3v) is 4.90. The summed E-state index contributed by atoms with van der Waals surface area (Å²) in [5, 5.41) is 6.38. The van der Waals surface area contributed by atoms with Crippen LogP contribution < -0.4 is 15.4 Å². The number of rotatable bonds is 10. The number of ether oxygens (including phenoxy) is 1. The van der Waals surface area contributed by atoms with Gasteiger partial charge in [-0.3, -0.25) is 9.59 Å². The van der Waals surface area contributed by atoms with Crippen LogP contribution in [0.4, 0.5) is 0 Å². The number of benzene rings is 1. The van der Waals surface area contributed by atoms with E-state index in [4.69, 9.17) is 4.74 Å². The van der Waals surface area contributed by atoms with Crippen molar-refractivity contribution in [1.29, 1.82) is 0 Å². The van der Waals surface area contributed by atoms with Crippen LogP contribution in [0.1, 0.15) is 62.7 Å². The minimum Gasteiger partial charge on any atom is -0.494 e. The number of halogens is 1. The maximum absolute atomic E-state index is 12.3. The molecule has 6 heteroatoms. The lowest BCUT2D eigenvalue weighted by atomic mass is 9.95. The Labute approximate surface area is 169 Å². The molecule has 0 saturated carbocycles. The summed E-state index contributed by atoms with van der Waals surface area (Å²) in [6, 6.07) is 7.43. The predicted octanol–water partition coefficient (Wildman–Crippen LogP) is 3.75. The summed E-state index contributed by atoms with van der Waals surface area (Å²) in [4.78, 5) is 24.4. The highest BCUT2D eigenvalue weighted by molar-refractivity contribution is 5.98. The van der Waals surface area contributed by atoms with E-state index in [2.05, 4.69) is 24.5 Å². The maximum Gasteiger partial charge on any atom is 0.220 e. The molecular formula is C21H33ClN2O3. The number of Topliss-reactive ketones (excluding diaryl/α,β-unsaturated/α-hetero) is 1. The van der Waals surface area contributed by atoms with Gasteiger partial charge in [0.1, 0.15) is 5.75 Å². The van der Waals surface area contributed by atoms with Crippen LogP contribution in [-0.4, -0.2) is 37.4 Å². The first kappa shape index (κ1) is 23.4. The summed E-state index contributed by atoms with van der Waals surface area (Å²) < 4.78 is 5.66. The van der Waals surface area contributed by atoms with Crippen LogP contribution in [0.25, 0.3) is 0 Å². The van der Waals surface area contributed by atoms with Crippen LogP contribution in [-0.2, 0) is 4.79 Å². The molecule has 1 heterocycles. The number of hydrogen-bond donors (Lipinski definition) is 2. The van der Waals surface area contributed by atoms with Crippen molar-refractivity contribution in [1.82, 2.24) is 10.6 Å². The molecule has 0 spiro atoms. The van der Waals surface area contributed by atoms with Crippen LogP contribution in [0.5, 0.6) is 5.75 Å². The van der Waals surface area contributed by atoms with Gasteiger partial charge in [-0.25, -0.2) is 0 Å². The number of piperidine rings is 1. The number of carbonyl (C=O) groups excluding carboxylic acids is 2. The van der Waals surface area contributed by atoms with Crippen LogP contribution in [0, 0.1) is 5.92 Å². The average molecular weight is 397 g/mol. The number of amides is 1. The number of nitrogens with one attached hydrogen (secondary N) is 2. The van der Waals surface area contributed by atoms with E-state index in [0.29, 0.717) is 18.1 Å². The highest BCUT2D eigenvalue weighted by atomic mass is 35.5. The number of hydrogen-bond acceptors (Lipinski definition) is 4. The van der Waals surface area contributed by atoms with Crippen molar-refractivity contribution in [2.75, 3.05) is 19.7 Å². The molecule has 1 saturated heterocycles. The van der Waals surface area contributed by atoms with E-state index in [0.717, 1.165) is 38.1 Å². The number of ketones is 1. The molecule has 1 aliphatic heterocycles. The normalized spacial score (nSPS) is 19.0. The molecule has 2 unspecified atom stereocenters. The smallest absolute Gasteiger partial charge is 0.220 e.